The van der Waals surface area contributed by atoms with Crippen LogP contribution in [0.1, 0.15) is 30.6 Å². The Bertz CT molecular complexity index is 440. The van der Waals surface area contributed by atoms with Crippen LogP contribution in [-0.4, -0.2) is 18.7 Å². The Labute approximate surface area is 109 Å². The van der Waals surface area contributed by atoms with Crippen LogP contribution in [0.3, 0.4) is 0 Å². The lowest BCUT2D eigenvalue weighted by Gasteiger charge is -2.10. The van der Waals surface area contributed by atoms with Gasteiger partial charge >= 0.3 is 0 Å². The molecule has 0 saturated heterocycles. The van der Waals surface area contributed by atoms with E-state index in [1.807, 2.05) is 0 Å². The Morgan fingerprint density at radius 2 is 2.06 bits per heavy atom. The minimum atomic E-state index is -0.284. The van der Waals surface area contributed by atoms with E-state index in [2.05, 4.69) is 15.9 Å². The predicted octanol–water partition coefficient (Wildman–Crippen LogP) is 3.26. The fraction of sp³-hybridized carbons (Fsp3) is 0.385. The minimum Gasteiger partial charge on any atom is -0.496 e. The van der Waals surface area contributed by atoms with E-state index in [0.29, 0.717) is 11.3 Å². The number of Topliss-reactive ketones (excluding diaryl/α,β-unsaturated/α-hetero) is 2. The zero-order chi connectivity index (χ0) is 13.0. The molecule has 1 atom stereocenters. The van der Waals surface area contributed by atoms with Gasteiger partial charge in [0.15, 0.2) is 5.78 Å². The molecule has 1 rings (SSSR count). The second-order valence-corrected chi connectivity index (χ2v) is 4.88. The normalized spacial score (nSPS) is 12.0. The highest BCUT2D eigenvalue weighted by atomic mass is 79.9. The molecular formula is C13H15BrO3. The summed E-state index contributed by atoms with van der Waals surface area (Å²) in [6, 6.07) is 5.16. The van der Waals surface area contributed by atoms with Crippen LogP contribution < -0.4 is 4.74 Å². The maximum absolute atomic E-state index is 12.0. The average Bonchev–Trinajstić information content (AvgIpc) is 2.27. The molecule has 0 radical (unpaired) electrons. The monoisotopic (exact) mass is 298 g/mol. The van der Waals surface area contributed by atoms with Gasteiger partial charge in [0.1, 0.15) is 11.5 Å². The smallest absolute Gasteiger partial charge is 0.166 e. The summed E-state index contributed by atoms with van der Waals surface area (Å²) in [5.74, 6) is 0.399. The first-order chi connectivity index (χ1) is 7.95. The molecule has 0 heterocycles. The number of ketones is 2. The molecular weight excluding hydrogens is 284 g/mol. The third-order valence-electron chi connectivity index (χ3n) is 2.48. The van der Waals surface area contributed by atoms with E-state index in [4.69, 9.17) is 4.74 Å². The number of carbonyl (C=O) groups excluding carboxylic acids is 2. The molecule has 0 saturated carbocycles. The molecule has 17 heavy (non-hydrogen) atoms. The van der Waals surface area contributed by atoms with Crippen LogP contribution in [0.4, 0.5) is 0 Å². The van der Waals surface area contributed by atoms with Gasteiger partial charge in [-0.2, -0.15) is 0 Å². The van der Waals surface area contributed by atoms with Crippen molar-refractivity contribution >= 4 is 27.5 Å². The van der Waals surface area contributed by atoms with Crippen molar-refractivity contribution in [2.24, 2.45) is 5.92 Å². The van der Waals surface area contributed by atoms with E-state index in [9.17, 15) is 9.59 Å². The summed E-state index contributed by atoms with van der Waals surface area (Å²) in [6.45, 7) is 3.26. The lowest BCUT2D eigenvalue weighted by atomic mass is 9.95. The summed E-state index contributed by atoms with van der Waals surface area (Å²) in [5.41, 5.74) is 0.589. The molecule has 1 aromatic carbocycles. The van der Waals surface area contributed by atoms with Gasteiger partial charge in [-0.05, 0) is 41.1 Å². The Balaban J connectivity index is 2.89. The van der Waals surface area contributed by atoms with Crippen molar-refractivity contribution in [3.63, 3.8) is 0 Å². The molecule has 0 N–H and O–H groups in total. The summed E-state index contributed by atoms with van der Waals surface area (Å²) >= 11 is 3.33. The summed E-state index contributed by atoms with van der Waals surface area (Å²) in [7, 11) is 1.57. The third-order valence-corrected chi connectivity index (χ3v) is 3.10. The number of halogens is 1. The number of ether oxygens (including phenoxy) is 1. The summed E-state index contributed by atoms with van der Waals surface area (Å²) in [4.78, 5) is 23.0. The van der Waals surface area contributed by atoms with Crippen molar-refractivity contribution in [3.05, 3.63) is 28.2 Å². The molecule has 0 aliphatic rings. The summed E-state index contributed by atoms with van der Waals surface area (Å²) in [6.07, 6.45) is 0.280. The van der Waals surface area contributed by atoms with Gasteiger partial charge in [-0.15, -0.1) is 0 Å². The fourth-order valence-corrected chi connectivity index (χ4v) is 2.17. The molecule has 0 fully saturated rings. The Morgan fingerprint density at radius 1 is 1.41 bits per heavy atom. The van der Waals surface area contributed by atoms with Crippen LogP contribution in [0, 0.1) is 5.92 Å². The number of benzene rings is 1. The number of hydrogen-bond acceptors (Lipinski definition) is 3. The molecule has 0 aromatic heterocycles. The van der Waals surface area contributed by atoms with E-state index in [1.54, 1.807) is 32.2 Å². The van der Waals surface area contributed by atoms with Gasteiger partial charge < -0.3 is 9.53 Å². The molecule has 1 aromatic rings. The van der Waals surface area contributed by atoms with Gasteiger partial charge in [-0.3, -0.25) is 4.79 Å². The predicted molar refractivity (Wildman–Crippen MR) is 69.5 cm³/mol. The molecule has 0 spiro atoms. The van der Waals surface area contributed by atoms with Crippen LogP contribution >= 0.6 is 15.9 Å². The molecule has 3 nitrogen and oxygen atoms in total. The largest absolute Gasteiger partial charge is 0.496 e. The average molecular weight is 299 g/mol. The van der Waals surface area contributed by atoms with Gasteiger partial charge in [0.25, 0.3) is 0 Å². The maximum Gasteiger partial charge on any atom is 0.166 e. The van der Waals surface area contributed by atoms with E-state index in [-0.39, 0.29) is 23.9 Å². The van der Waals surface area contributed by atoms with E-state index >= 15 is 0 Å². The number of rotatable bonds is 5. The van der Waals surface area contributed by atoms with Gasteiger partial charge in [-0.25, -0.2) is 0 Å². The third kappa shape index (κ3) is 3.66. The molecule has 0 bridgehead atoms. The Morgan fingerprint density at radius 3 is 2.53 bits per heavy atom. The van der Waals surface area contributed by atoms with Crippen molar-refractivity contribution in [3.8, 4) is 5.75 Å². The highest BCUT2D eigenvalue weighted by Crippen LogP contribution is 2.26. The zero-order valence-corrected chi connectivity index (χ0v) is 11.7. The summed E-state index contributed by atoms with van der Waals surface area (Å²) < 4.78 is 5.83. The molecule has 1 unspecified atom stereocenters. The van der Waals surface area contributed by atoms with Gasteiger partial charge in [0.2, 0.25) is 0 Å². The van der Waals surface area contributed by atoms with Crippen LogP contribution in [0.2, 0.25) is 0 Å². The molecule has 92 valence electrons. The van der Waals surface area contributed by atoms with Crippen molar-refractivity contribution < 1.29 is 14.3 Å². The molecule has 0 amide bonds. The van der Waals surface area contributed by atoms with Crippen LogP contribution in [0.15, 0.2) is 22.7 Å². The SMILES string of the molecule is COc1ccc(C(=O)C(C)CC(C)=O)cc1Br. The second-order valence-electron chi connectivity index (χ2n) is 4.02. The van der Waals surface area contributed by atoms with Crippen molar-refractivity contribution in [1.29, 1.82) is 0 Å². The maximum atomic E-state index is 12.0. The Kier molecular flexibility index (Phi) is 4.87. The fourth-order valence-electron chi connectivity index (χ4n) is 1.63. The summed E-state index contributed by atoms with van der Waals surface area (Å²) in [5, 5.41) is 0. The highest BCUT2D eigenvalue weighted by Gasteiger charge is 2.17. The topological polar surface area (TPSA) is 43.4 Å². The zero-order valence-electron chi connectivity index (χ0n) is 10.1. The standard InChI is InChI=1S/C13H15BrO3/c1-8(6-9(2)15)13(16)10-4-5-12(17-3)11(14)7-10/h4-5,7-8H,6H2,1-3H3. The van der Waals surface area contributed by atoms with Crippen molar-refractivity contribution in [2.45, 2.75) is 20.3 Å². The van der Waals surface area contributed by atoms with Crippen LogP contribution in [0.25, 0.3) is 0 Å². The lowest BCUT2D eigenvalue weighted by Crippen LogP contribution is -2.14. The first kappa shape index (κ1) is 13.9. The second kappa shape index (κ2) is 5.96. The Hall–Kier alpha value is -1.16. The first-order valence-corrected chi connectivity index (χ1v) is 6.12. The van der Waals surface area contributed by atoms with Crippen molar-refractivity contribution in [2.75, 3.05) is 7.11 Å². The van der Waals surface area contributed by atoms with Gasteiger partial charge in [-0.1, -0.05) is 6.92 Å². The number of methoxy groups -OCH3 is 1. The van der Waals surface area contributed by atoms with E-state index < -0.39 is 0 Å². The molecule has 0 aliphatic carbocycles. The minimum absolute atomic E-state index is 0.0245. The number of hydrogen-bond donors (Lipinski definition) is 0. The molecule has 0 aliphatic heterocycles. The van der Waals surface area contributed by atoms with Gasteiger partial charge in [0, 0.05) is 17.9 Å². The van der Waals surface area contributed by atoms with Crippen LogP contribution in [-0.2, 0) is 4.79 Å². The van der Waals surface area contributed by atoms with Crippen LogP contribution in [0.5, 0.6) is 5.75 Å². The number of carbonyl (C=O) groups is 2. The highest BCUT2D eigenvalue weighted by molar-refractivity contribution is 9.10. The first-order valence-electron chi connectivity index (χ1n) is 5.33. The lowest BCUT2D eigenvalue weighted by molar-refractivity contribution is -0.117. The van der Waals surface area contributed by atoms with Crippen molar-refractivity contribution in [1.82, 2.24) is 0 Å². The van der Waals surface area contributed by atoms with Gasteiger partial charge in [0.05, 0.1) is 11.6 Å². The van der Waals surface area contributed by atoms with E-state index in [0.717, 1.165) is 4.47 Å². The quantitative estimate of drug-likeness (QED) is 0.784. The molecule has 4 heteroatoms. The van der Waals surface area contributed by atoms with E-state index in [1.165, 1.54) is 6.92 Å².